The Morgan fingerprint density at radius 2 is 2.08 bits per heavy atom. The normalized spacial score (nSPS) is 12.5. The van der Waals surface area contributed by atoms with Crippen molar-refractivity contribution in [1.29, 1.82) is 0 Å². The van der Waals surface area contributed by atoms with Crippen LogP contribution in [0, 0.1) is 5.82 Å². The second-order valence-corrected chi connectivity index (χ2v) is 4.90. The Labute approximate surface area is 134 Å². The van der Waals surface area contributed by atoms with Crippen LogP contribution in [0.3, 0.4) is 0 Å². The Kier molecular flexibility index (Phi) is 5.50. The van der Waals surface area contributed by atoms with E-state index < -0.39 is 17.6 Å². The Bertz CT molecular complexity index is 728. The maximum Gasteiger partial charge on any atom is 0.419 e. The number of aromatic nitrogens is 2. The first-order valence-electron chi connectivity index (χ1n) is 7.04. The number of aryl methyl sites for hydroxylation is 1. The molecule has 24 heavy (non-hydrogen) atoms. The van der Waals surface area contributed by atoms with Crippen molar-refractivity contribution >= 4 is 11.5 Å². The molecule has 1 aromatic carbocycles. The van der Waals surface area contributed by atoms with Crippen LogP contribution in [0.1, 0.15) is 36.7 Å². The molecule has 0 aliphatic rings. The molecule has 0 radical (unpaired) electrons. The van der Waals surface area contributed by atoms with Gasteiger partial charge in [-0.25, -0.2) is 14.0 Å². The van der Waals surface area contributed by atoms with Crippen LogP contribution in [0.4, 0.5) is 23.2 Å². The van der Waals surface area contributed by atoms with Gasteiger partial charge in [-0.3, -0.25) is 10.7 Å². The molecule has 2 rings (SSSR count). The van der Waals surface area contributed by atoms with Gasteiger partial charge in [0, 0.05) is 0 Å². The van der Waals surface area contributed by atoms with Gasteiger partial charge in [-0.2, -0.15) is 13.2 Å². The van der Waals surface area contributed by atoms with Gasteiger partial charge in [-0.15, -0.1) is 0 Å². The van der Waals surface area contributed by atoms with E-state index in [1.165, 1.54) is 0 Å². The van der Waals surface area contributed by atoms with Crippen molar-refractivity contribution in [1.82, 2.24) is 15.8 Å². The summed E-state index contributed by atoms with van der Waals surface area (Å²) in [6, 6.07) is 2.22. The van der Waals surface area contributed by atoms with Crippen molar-refractivity contribution in [2.75, 3.05) is 0 Å². The molecule has 0 amide bonds. The number of rotatable bonds is 5. The molecule has 0 fully saturated rings. The number of hydrogen-bond acceptors (Lipinski definition) is 5. The monoisotopic (exact) mass is 346 g/mol. The summed E-state index contributed by atoms with van der Waals surface area (Å²) in [6.07, 6.45) is -2.72. The number of amidine groups is 1. The highest BCUT2D eigenvalue weighted by atomic mass is 19.4. The maximum absolute atomic E-state index is 13.3. The van der Waals surface area contributed by atoms with Crippen LogP contribution in [0.25, 0.3) is 0 Å². The summed E-state index contributed by atoms with van der Waals surface area (Å²) in [6.45, 7) is 1.96. The summed E-state index contributed by atoms with van der Waals surface area (Å²) in [5.74, 6) is -1.66. The molecule has 2 aromatic rings. The van der Waals surface area contributed by atoms with Crippen molar-refractivity contribution in [3.8, 4) is 0 Å². The summed E-state index contributed by atoms with van der Waals surface area (Å²) in [5.41, 5.74) is 0.555. The molecule has 1 aromatic heterocycles. The van der Waals surface area contributed by atoms with E-state index in [-0.39, 0.29) is 17.2 Å². The summed E-state index contributed by atoms with van der Waals surface area (Å²) < 4.78 is 56.1. The topological polar surface area (TPSA) is 83.5 Å². The lowest BCUT2D eigenvalue weighted by Crippen LogP contribution is -2.22. The minimum absolute atomic E-state index is 0.0730. The quantitative estimate of drug-likeness (QED) is 0.374. The van der Waals surface area contributed by atoms with Crippen LogP contribution >= 0.6 is 0 Å². The molecule has 0 saturated heterocycles. The Balaban J connectivity index is 2.40. The number of alkyl halides is 3. The zero-order valence-electron chi connectivity index (χ0n) is 12.6. The molecule has 0 aliphatic heterocycles. The number of benzene rings is 1. The summed E-state index contributed by atoms with van der Waals surface area (Å²) in [4.78, 5) is 3.83. The Morgan fingerprint density at radius 1 is 1.33 bits per heavy atom. The van der Waals surface area contributed by atoms with Crippen LogP contribution in [0.5, 0.6) is 0 Å². The predicted octanol–water partition coefficient (Wildman–Crippen LogP) is 3.63. The third-order valence-electron chi connectivity index (χ3n) is 3.15. The number of hydroxylamine groups is 1. The Morgan fingerprint density at radius 3 is 2.71 bits per heavy atom. The third-order valence-corrected chi connectivity index (χ3v) is 3.15. The predicted molar refractivity (Wildman–Crippen MR) is 75.4 cm³/mol. The van der Waals surface area contributed by atoms with Gasteiger partial charge < -0.3 is 0 Å². The molecule has 0 aliphatic carbocycles. The molecule has 130 valence electrons. The zero-order valence-corrected chi connectivity index (χ0v) is 12.6. The first-order chi connectivity index (χ1) is 11.4. The van der Waals surface area contributed by atoms with Crippen molar-refractivity contribution in [3.05, 3.63) is 41.0 Å². The van der Waals surface area contributed by atoms with Crippen molar-refractivity contribution in [2.45, 2.75) is 32.4 Å². The van der Waals surface area contributed by atoms with E-state index in [0.717, 1.165) is 18.9 Å². The summed E-state index contributed by atoms with van der Waals surface area (Å²) >= 11 is 0. The van der Waals surface area contributed by atoms with Gasteiger partial charge in [-0.05, 0) is 36.2 Å². The molecule has 0 unspecified atom stereocenters. The van der Waals surface area contributed by atoms with Gasteiger partial charge >= 0.3 is 6.18 Å². The lowest BCUT2D eigenvalue weighted by Gasteiger charge is -2.09. The van der Waals surface area contributed by atoms with E-state index in [1.807, 2.05) is 6.92 Å². The lowest BCUT2D eigenvalue weighted by atomic mass is 10.1. The average Bonchev–Trinajstić information content (AvgIpc) is 2.99. The summed E-state index contributed by atoms with van der Waals surface area (Å²) in [5, 5.41) is 16.5. The molecule has 2 N–H and O–H groups in total. The highest BCUT2D eigenvalue weighted by Crippen LogP contribution is 2.33. The van der Waals surface area contributed by atoms with E-state index >= 15 is 0 Å². The van der Waals surface area contributed by atoms with Gasteiger partial charge in [0.2, 0.25) is 0 Å². The Hall–Kier alpha value is -2.49. The molecule has 10 heteroatoms. The number of hydrogen-bond donors (Lipinski definition) is 2. The highest BCUT2D eigenvalue weighted by Gasteiger charge is 2.34. The molecule has 0 spiro atoms. The molecule has 1 heterocycles. The highest BCUT2D eigenvalue weighted by molar-refractivity contribution is 5.98. The van der Waals surface area contributed by atoms with Crippen LogP contribution < -0.4 is 5.48 Å². The van der Waals surface area contributed by atoms with Crippen molar-refractivity contribution in [2.24, 2.45) is 4.99 Å². The molecule has 6 nitrogen and oxygen atoms in total. The molecule has 0 atom stereocenters. The van der Waals surface area contributed by atoms with Gasteiger partial charge in [0.15, 0.2) is 11.5 Å². The second-order valence-electron chi connectivity index (χ2n) is 4.90. The minimum atomic E-state index is -4.86. The largest absolute Gasteiger partial charge is 0.419 e. The second kappa shape index (κ2) is 7.39. The molecule has 0 saturated carbocycles. The fourth-order valence-corrected chi connectivity index (χ4v) is 1.95. The average molecular weight is 346 g/mol. The standard InChI is InChI=1S/C14H14F4N4O2/c1-2-3-4-11-12(22-24-21-11)13(20-23)19-8-5-6-10(15)9(7-8)14(16,17)18/h5-7,23H,2-4H2,1H3,(H,19,20). The number of halogens is 4. The first-order valence-corrected chi connectivity index (χ1v) is 7.04. The van der Waals surface area contributed by atoms with Gasteiger partial charge in [0.05, 0.1) is 11.3 Å². The number of aliphatic imine (C=N–C) groups is 1. The maximum atomic E-state index is 13.3. The third kappa shape index (κ3) is 4.07. The SMILES string of the molecule is CCCCc1nonc1C(=Nc1ccc(F)c(C(F)(F)F)c1)NO. The van der Waals surface area contributed by atoms with Crippen LogP contribution in [0.15, 0.2) is 27.8 Å². The van der Waals surface area contributed by atoms with Crippen molar-refractivity contribution < 1.29 is 27.4 Å². The van der Waals surface area contributed by atoms with E-state index in [0.29, 0.717) is 24.2 Å². The van der Waals surface area contributed by atoms with Crippen LogP contribution in [-0.2, 0) is 12.6 Å². The van der Waals surface area contributed by atoms with E-state index in [9.17, 15) is 22.8 Å². The fraction of sp³-hybridized carbons (Fsp3) is 0.357. The van der Waals surface area contributed by atoms with E-state index in [4.69, 9.17) is 0 Å². The van der Waals surface area contributed by atoms with Crippen LogP contribution in [0.2, 0.25) is 0 Å². The minimum Gasteiger partial charge on any atom is -0.290 e. The van der Waals surface area contributed by atoms with Crippen LogP contribution in [-0.4, -0.2) is 21.4 Å². The number of nitrogens with one attached hydrogen (secondary N) is 1. The van der Waals surface area contributed by atoms with Gasteiger partial charge in [-0.1, -0.05) is 18.5 Å². The molecule has 0 bridgehead atoms. The molecular weight excluding hydrogens is 332 g/mol. The molecular formula is C14H14F4N4O2. The summed E-state index contributed by atoms with van der Waals surface area (Å²) in [7, 11) is 0. The van der Waals surface area contributed by atoms with E-state index in [1.54, 1.807) is 5.48 Å². The lowest BCUT2D eigenvalue weighted by molar-refractivity contribution is -0.139. The van der Waals surface area contributed by atoms with E-state index in [2.05, 4.69) is 19.9 Å². The zero-order chi connectivity index (χ0) is 17.7. The number of nitrogens with zero attached hydrogens (tertiary/aromatic N) is 3. The van der Waals surface area contributed by atoms with Gasteiger partial charge in [0.1, 0.15) is 11.5 Å². The van der Waals surface area contributed by atoms with Gasteiger partial charge in [0.25, 0.3) is 0 Å². The smallest absolute Gasteiger partial charge is 0.290 e. The fourth-order valence-electron chi connectivity index (χ4n) is 1.95. The first kappa shape index (κ1) is 17.9. The number of unbranched alkanes of at least 4 members (excludes halogenated alkanes) is 1. The van der Waals surface area contributed by atoms with Crippen molar-refractivity contribution in [3.63, 3.8) is 0 Å².